The first-order valence-electron chi connectivity index (χ1n) is 7.71. The molecule has 2 N–H and O–H groups in total. The molecule has 2 amide bonds. The number of amides is 2. The lowest BCUT2D eigenvalue weighted by molar-refractivity contribution is -0.115. The van der Waals surface area contributed by atoms with Gasteiger partial charge < -0.3 is 10.6 Å². The number of halogens is 1. The smallest absolute Gasteiger partial charge is 0.251 e. The summed E-state index contributed by atoms with van der Waals surface area (Å²) in [6, 6.07) is 13.0. The largest absolute Gasteiger partial charge is 0.352 e. The highest BCUT2D eigenvalue weighted by Gasteiger charge is 2.15. The summed E-state index contributed by atoms with van der Waals surface area (Å²) in [5, 5.41) is 6.44. The van der Waals surface area contributed by atoms with Gasteiger partial charge in [0.1, 0.15) is 0 Å². The van der Waals surface area contributed by atoms with Gasteiger partial charge in [-0.15, -0.1) is 11.8 Å². The molecule has 0 saturated heterocycles. The molecule has 0 aliphatic carbocycles. The van der Waals surface area contributed by atoms with E-state index in [1.807, 2.05) is 30.3 Å². The number of benzene rings is 2. The predicted molar refractivity (Wildman–Crippen MR) is 97.9 cm³/mol. The van der Waals surface area contributed by atoms with Crippen LogP contribution in [0.3, 0.4) is 0 Å². The maximum absolute atomic E-state index is 12.3. The summed E-state index contributed by atoms with van der Waals surface area (Å²) in [6.45, 7) is 0.525. The van der Waals surface area contributed by atoms with E-state index in [0.29, 0.717) is 35.7 Å². The standard InChI is InChI=1S/C18H17ClN2O2S/c19-14-3-1-2-12(10-14)6-8-20-18(23)13-4-5-16-15(11-13)21-17(22)7-9-24-16/h1-5,10-11H,6-9H2,(H,20,23)(H,21,22). The Morgan fingerprint density at radius 2 is 2.12 bits per heavy atom. The van der Waals surface area contributed by atoms with Crippen molar-refractivity contribution in [3.63, 3.8) is 0 Å². The Kier molecular flexibility index (Phi) is 5.43. The molecule has 0 fully saturated rings. The second kappa shape index (κ2) is 7.73. The maximum Gasteiger partial charge on any atom is 0.251 e. The van der Waals surface area contributed by atoms with E-state index in [9.17, 15) is 9.59 Å². The topological polar surface area (TPSA) is 58.2 Å². The van der Waals surface area contributed by atoms with Crippen molar-refractivity contribution in [1.29, 1.82) is 0 Å². The predicted octanol–water partition coefficient (Wildman–Crippen LogP) is 3.75. The van der Waals surface area contributed by atoms with Crippen LogP contribution in [0, 0.1) is 0 Å². The van der Waals surface area contributed by atoms with Crippen LogP contribution in [-0.4, -0.2) is 24.1 Å². The van der Waals surface area contributed by atoms with E-state index in [1.165, 1.54) is 0 Å². The van der Waals surface area contributed by atoms with Crippen LogP contribution in [0.1, 0.15) is 22.3 Å². The molecule has 1 aliphatic heterocycles. The third-order valence-corrected chi connectivity index (χ3v) is 5.00. The Labute approximate surface area is 150 Å². The van der Waals surface area contributed by atoms with Gasteiger partial charge in [-0.05, 0) is 42.3 Å². The van der Waals surface area contributed by atoms with Crippen molar-refractivity contribution in [2.45, 2.75) is 17.7 Å². The summed E-state index contributed by atoms with van der Waals surface area (Å²) in [4.78, 5) is 24.9. The normalized spacial score (nSPS) is 13.6. The van der Waals surface area contributed by atoms with Crippen LogP contribution < -0.4 is 10.6 Å². The van der Waals surface area contributed by atoms with Gasteiger partial charge >= 0.3 is 0 Å². The average Bonchev–Trinajstić information content (AvgIpc) is 2.74. The molecule has 0 radical (unpaired) electrons. The van der Waals surface area contributed by atoms with Crippen molar-refractivity contribution in [3.8, 4) is 0 Å². The van der Waals surface area contributed by atoms with Crippen molar-refractivity contribution in [3.05, 3.63) is 58.6 Å². The number of nitrogens with one attached hydrogen (secondary N) is 2. The number of carbonyl (C=O) groups excluding carboxylic acids is 2. The minimum atomic E-state index is -0.150. The molecule has 0 unspecified atom stereocenters. The van der Waals surface area contributed by atoms with Gasteiger partial charge in [-0.2, -0.15) is 0 Å². The van der Waals surface area contributed by atoms with Gasteiger partial charge in [0, 0.05) is 34.2 Å². The molecule has 3 rings (SSSR count). The molecule has 1 aliphatic rings. The fourth-order valence-electron chi connectivity index (χ4n) is 2.48. The molecule has 1 heterocycles. The van der Waals surface area contributed by atoms with Crippen LogP contribution in [0.5, 0.6) is 0 Å². The Bertz CT molecular complexity index is 779. The molecule has 124 valence electrons. The highest BCUT2D eigenvalue weighted by atomic mass is 35.5. The molecule has 0 saturated carbocycles. The highest BCUT2D eigenvalue weighted by Crippen LogP contribution is 2.31. The van der Waals surface area contributed by atoms with Crippen LogP contribution in [0.15, 0.2) is 47.4 Å². The Morgan fingerprint density at radius 3 is 2.96 bits per heavy atom. The first-order valence-corrected chi connectivity index (χ1v) is 9.07. The van der Waals surface area contributed by atoms with Crippen molar-refractivity contribution in [1.82, 2.24) is 5.32 Å². The van der Waals surface area contributed by atoms with Crippen molar-refractivity contribution < 1.29 is 9.59 Å². The monoisotopic (exact) mass is 360 g/mol. The zero-order valence-electron chi connectivity index (χ0n) is 13.0. The van der Waals surface area contributed by atoms with Gasteiger partial charge in [-0.3, -0.25) is 9.59 Å². The summed E-state index contributed by atoms with van der Waals surface area (Å²) in [5.74, 6) is 0.590. The maximum atomic E-state index is 12.3. The third kappa shape index (κ3) is 4.30. The van der Waals surface area contributed by atoms with Gasteiger partial charge in [0.15, 0.2) is 0 Å². The summed E-state index contributed by atoms with van der Waals surface area (Å²) < 4.78 is 0. The Balaban J connectivity index is 1.62. The van der Waals surface area contributed by atoms with E-state index in [0.717, 1.165) is 16.2 Å². The van der Waals surface area contributed by atoms with Gasteiger partial charge in [0.2, 0.25) is 5.91 Å². The summed E-state index contributed by atoms with van der Waals surface area (Å²) in [6.07, 6.45) is 1.20. The minimum Gasteiger partial charge on any atom is -0.352 e. The van der Waals surface area contributed by atoms with Crippen LogP contribution in [-0.2, 0) is 11.2 Å². The zero-order valence-corrected chi connectivity index (χ0v) is 14.5. The first-order chi connectivity index (χ1) is 11.6. The highest BCUT2D eigenvalue weighted by molar-refractivity contribution is 7.99. The number of rotatable bonds is 4. The average molecular weight is 361 g/mol. The molecule has 0 atom stereocenters. The molecule has 6 heteroatoms. The van der Waals surface area contributed by atoms with E-state index >= 15 is 0 Å². The first kappa shape index (κ1) is 16.9. The van der Waals surface area contributed by atoms with Gasteiger partial charge in [0.25, 0.3) is 5.91 Å². The summed E-state index contributed by atoms with van der Waals surface area (Å²) in [5.41, 5.74) is 2.33. The molecule has 2 aromatic rings. The molecule has 0 spiro atoms. The third-order valence-electron chi connectivity index (χ3n) is 3.69. The Hall–Kier alpha value is -1.98. The number of thioether (sulfide) groups is 1. The van der Waals surface area contributed by atoms with Crippen molar-refractivity contribution in [2.75, 3.05) is 17.6 Å². The lowest BCUT2D eigenvalue weighted by Crippen LogP contribution is -2.25. The van der Waals surface area contributed by atoms with E-state index in [1.54, 1.807) is 23.9 Å². The number of hydrogen-bond donors (Lipinski definition) is 2. The molecule has 2 aromatic carbocycles. The van der Waals surface area contributed by atoms with Crippen LogP contribution >= 0.6 is 23.4 Å². The molecule has 24 heavy (non-hydrogen) atoms. The Morgan fingerprint density at radius 1 is 1.25 bits per heavy atom. The van der Waals surface area contributed by atoms with E-state index in [2.05, 4.69) is 10.6 Å². The van der Waals surface area contributed by atoms with Gasteiger partial charge in [-0.25, -0.2) is 0 Å². The lowest BCUT2D eigenvalue weighted by atomic mass is 10.1. The molecule has 0 bridgehead atoms. The van der Waals surface area contributed by atoms with E-state index in [-0.39, 0.29) is 11.8 Å². The van der Waals surface area contributed by atoms with Crippen LogP contribution in [0.4, 0.5) is 5.69 Å². The van der Waals surface area contributed by atoms with Gasteiger partial charge in [0.05, 0.1) is 5.69 Å². The lowest BCUT2D eigenvalue weighted by Gasteiger charge is -2.10. The number of fused-ring (bicyclic) bond motifs is 1. The number of carbonyl (C=O) groups is 2. The second-order valence-electron chi connectivity index (χ2n) is 5.49. The fourth-order valence-corrected chi connectivity index (χ4v) is 3.63. The SMILES string of the molecule is O=C1CCSc2ccc(C(=O)NCCc3cccc(Cl)c3)cc2N1. The van der Waals surface area contributed by atoms with Gasteiger partial charge in [-0.1, -0.05) is 23.7 Å². The van der Waals surface area contributed by atoms with Crippen LogP contribution in [0.25, 0.3) is 0 Å². The molecular formula is C18H17ClN2O2S. The van der Waals surface area contributed by atoms with Crippen LogP contribution in [0.2, 0.25) is 5.02 Å². The second-order valence-corrected chi connectivity index (χ2v) is 7.07. The van der Waals surface area contributed by atoms with E-state index < -0.39 is 0 Å². The summed E-state index contributed by atoms with van der Waals surface area (Å²) in [7, 11) is 0. The summed E-state index contributed by atoms with van der Waals surface area (Å²) >= 11 is 7.57. The van der Waals surface area contributed by atoms with E-state index in [4.69, 9.17) is 11.6 Å². The molecule has 4 nitrogen and oxygen atoms in total. The fraction of sp³-hybridized carbons (Fsp3) is 0.222. The quantitative estimate of drug-likeness (QED) is 0.873. The van der Waals surface area contributed by atoms with Crippen molar-refractivity contribution in [2.24, 2.45) is 0 Å². The molecular weight excluding hydrogens is 344 g/mol. The zero-order chi connectivity index (χ0) is 16.9. The number of anilines is 1. The number of hydrogen-bond acceptors (Lipinski definition) is 3. The molecule has 0 aromatic heterocycles. The minimum absolute atomic E-state index is 0.0141. The van der Waals surface area contributed by atoms with Crippen molar-refractivity contribution >= 4 is 40.9 Å².